The zero-order chi connectivity index (χ0) is 19.1. The van der Waals surface area contributed by atoms with Crippen molar-refractivity contribution in [3.8, 4) is 0 Å². The van der Waals surface area contributed by atoms with Gasteiger partial charge in [-0.1, -0.05) is 19.9 Å². The summed E-state index contributed by atoms with van der Waals surface area (Å²) in [4.78, 5) is 12.0. The van der Waals surface area contributed by atoms with E-state index < -0.39 is 37.3 Å². The first-order valence-corrected chi connectivity index (χ1v) is 9.09. The maximum absolute atomic E-state index is 12.0. The van der Waals surface area contributed by atoms with Gasteiger partial charge in [-0.15, -0.1) is 0 Å². The molecule has 7 heteroatoms. The van der Waals surface area contributed by atoms with Gasteiger partial charge in [-0.05, 0) is 41.4 Å². The standard InChI is InChI=1S/C19H28O7/c1-19(2)7-12(21)6-11-5-10(3-4-13(11)19)9-25-18-17(24)16(23)15(22)14(8-20)26-18/h5-6,13-18,20,22-24H,3-4,7-9H2,1-2H3. The second-order valence-corrected chi connectivity index (χ2v) is 8.18. The van der Waals surface area contributed by atoms with Gasteiger partial charge in [-0.25, -0.2) is 0 Å². The number of fused-ring (bicyclic) bond motifs is 1. The Morgan fingerprint density at radius 3 is 2.62 bits per heavy atom. The summed E-state index contributed by atoms with van der Waals surface area (Å²) in [6, 6.07) is 0. The monoisotopic (exact) mass is 368 g/mol. The molecule has 1 heterocycles. The van der Waals surface area contributed by atoms with E-state index in [9.17, 15) is 25.2 Å². The van der Waals surface area contributed by atoms with Crippen LogP contribution in [0.1, 0.15) is 33.1 Å². The number of ether oxygens (including phenoxy) is 2. The molecule has 26 heavy (non-hydrogen) atoms. The maximum atomic E-state index is 12.0. The van der Waals surface area contributed by atoms with E-state index in [2.05, 4.69) is 13.8 Å². The molecular formula is C19H28O7. The Kier molecular flexibility index (Phi) is 5.67. The van der Waals surface area contributed by atoms with E-state index in [4.69, 9.17) is 9.47 Å². The molecule has 7 nitrogen and oxygen atoms in total. The van der Waals surface area contributed by atoms with Crippen molar-refractivity contribution in [2.45, 2.75) is 63.8 Å². The van der Waals surface area contributed by atoms with Crippen molar-refractivity contribution in [1.29, 1.82) is 0 Å². The summed E-state index contributed by atoms with van der Waals surface area (Å²) < 4.78 is 11.0. The van der Waals surface area contributed by atoms with Gasteiger partial charge in [0, 0.05) is 6.42 Å². The molecule has 0 spiro atoms. The lowest BCUT2D eigenvalue weighted by Crippen LogP contribution is -2.59. The van der Waals surface area contributed by atoms with Crippen LogP contribution in [-0.2, 0) is 14.3 Å². The van der Waals surface area contributed by atoms with Crippen molar-refractivity contribution in [2.75, 3.05) is 13.2 Å². The molecule has 0 amide bonds. The van der Waals surface area contributed by atoms with Crippen molar-refractivity contribution >= 4 is 5.78 Å². The summed E-state index contributed by atoms with van der Waals surface area (Å²) >= 11 is 0. The normalized spacial score (nSPS) is 39.8. The van der Waals surface area contributed by atoms with Gasteiger partial charge in [0.25, 0.3) is 0 Å². The molecule has 1 aliphatic heterocycles. The highest BCUT2D eigenvalue weighted by atomic mass is 16.7. The number of allylic oxidation sites excluding steroid dienone is 3. The van der Waals surface area contributed by atoms with Crippen LogP contribution in [0.4, 0.5) is 0 Å². The van der Waals surface area contributed by atoms with Crippen LogP contribution in [0.25, 0.3) is 0 Å². The number of aliphatic hydroxyl groups is 4. The number of aliphatic hydroxyl groups excluding tert-OH is 4. The molecule has 1 saturated heterocycles. The molecule has 0 radical (unpaired) electrons. The second kappa shape index (κ2) is 7.50. The van der Waals surface area contributed by atoms with Crippen molar-refractivity contribution in [1.82, 2.24) is 0 Å². The van der Waals surface area contributed by atoms with Crippen molar-refractivity contribution < 1.29 is 34.7 Å². The minimum Gasteiger partial charge on any atom is -0.394 e. The maximum Gasteiger partial charge on any atom is 0.187 e. The molecule has 2 aliphatic carbocycles. The van der Waals surface area contributed by atoms with Gasteiger partial charge in [-0.2, -0.15) is 0 Å². The first kappa shape index (κ1) is 19.7. The van der Waals surface area contributed by atoms with Crippen molar-refractivity contribution in [2.24, 2.45) is 11.3 Å². The van der Waals surface area contributed by atoms with Gasteiger partial charge in [0.05, 0.1) is 13.2 Å². The number of carbonyl (C=O) groups excluding carboxylic acids is 1. The summed E-state index contributed by atoms with van der Waals surface area (Å²) in [5.74, 6) is 0.477. The topological polar surface area (TPSA) is 116 Å². The summed E-state index contributed by atoms with van der Waals surface area (Å²) in [7, 11) is 0. The average molecular weight is 368 g/mol. The minimum atomic E-state index is -1.45. The molecule has 6 unspecified atom stereocenters. The fourth-order valence-corrected chi connectivity index (χ4v) is 4.21. The van der Waals surface area contributed by atoms with Crippen LogP contribution in [0.5, 0.6) is 0 Å². The molecule has 3 aliphatic rings. The van der Waals surface area contributed by atoms with Crippen molar-refractivity contribution in [3.63, 3.8) is 0 Å². The highest BCUT2D eigenvalue weighted by molar-refractivity contribution is 5.92. The number of hydrogen-bond donors (Lipinski definition) is 4. The van der Waals surface area contributed by atoms with Gasteiger partial charge in [0.15, 0.2) is 12.1 Å². The van der Waals surface area contributed by atoms with Crippen LogP contribution in [0, 0.1) is 11.3 Å². The number of ketones is 1. The Hall–Kier alpha value is -1.09. The fraction of sp³-hybridized carbons (Fsp3) is 0.737. The van der Waals surface area contributed by atoms with Crippen LogP contribution in [-0.4, -0.2) is 70.1 Å². The van der Waals surface area contributed by atoms with E-state index in [1.165, 1.54) is 0 Å². The van der Waals surface area contributed by atoms with Gasteiger partial charge in [-0.3, -0.25) is 4.79 Å². The molecule has 3 rings (SSSR count). The van der Waals surface area contributed by atoms with Gasteiger partial charge in [0.2, 0.25) is 0 Å². The second-order valence-electron chi connectivity index (χ2n) is 8.18. The summed E-state index contributed by atoms with van der Waals surface area (Å²) in [5, 5.41) is 38.9. The fourth-order valence-electron chi connectivity index (χ4n) is 4.21. The smallest absolute Gasteiger partial charge is 0.187 e. The predicted molar refractivity (Wildman–Crippen MR) is 92.0 cm³/mol. The molecule has 0 aromatic heterocycles. The van der Waals surface area contributed by atoms with Crippen LogP contribution in [0.3, 0.4) is 0 Å². The molecule has 0 bridgehead atoms. The lowest BCUT2D eigenvalue weighted by molar-refractivity contribution is -0.299. The zero-order valence-electron chi connectivity index (χ0n) is 15.2. The largest absolute Gasteiger partial charge is 0.394 e. The van der Waals surface area contributed by atoms with Crippen LogP contribution in [0.15, 0.2) is 23.3 Å². The quantitative estimate of drug-likeness (QED) is 0.555. The SMILES string of the molecule is CC1(C)CC(=O)C=C2C=C(COC3OC(CO)C(O)C(O)C3O)CCC21. The van der Waals surface area contributed by atoms with Gasteiger partial charge >= 0.3 is 0 Å². The Labute approximate surface area is 152 Å². The Balaban J connectivity index is 1.66. The van der Waals surface area contributed by atoms with Crippen LogP contribution >= 0.6 is 0 Å². The molecule has 1 fully saturated rings. The molecule has 4 N–H and O–H groups in total. The Morgan fingerprint density at radius 1 is 1.19 bits per heavy atom. The van der Waals surface area contributed by atoms with E-state index in [1.807, 2.05) is 6.08 Å². The highest BCUT2D eigenvalue weighted by Gasteiger charge is 2.44. The number of carbonyl (C=O) groups is 1. The minimum absolute atomic E-state index is 0.0542. The molecular weight excluding hydrogens is 340 g/mol. The third-order valence-electron chi connectivity index (χ3n) is 5.71. The summed E-state index contributed by atoms with van der Waals surface area (Å²) in [6.45, 7) is 3.93. The van der Waals surface area contributed by atoms with Crippen LogP contribution in [0.2, 0.25) is 0 Å². The number of hydrogen-bond acceptors (Lipinski definition) is 7. The highest BCUT2D eigenvalue weighted by Crippen LogP contribution is 2.46. The lowest BCUT2D eigenvalue weighted by atomic mass is 9.64. The lowest BCUT2D eigenvalue weighted by Gasteiger charge is -2.41. The predicted octanol–water partition coefficient (Wildman–Crippen LogP) is 0.0647. The average Bonchev–Trinajstić information content (AvgIpc) is 2.58. The van der Waals surface area contributed by atoms with E-state index in [1.54, 1.807) is 6.08 Å². The first-order chi connectivity index (χ1) is 12.2. The molecule has 146 valence electrons. The van der Waals surface area contributed by atoms with E-state index in [0.29, 0.717) is 12.3 Å². The third kappa shape index (κ3) is 3.78. The summed E-state index contributed by atoms with van der Waals surface area (Å²) in [6.07, 6.45) is -0.372. The molecule has 0 aromatic rings. The Morgan fingerprint density at radius 2 is 1.92 bits per heavy atom. The number of rotatable bonds is 4. The Bertz CT molecular complexity index is 607. The van der Waals surface area contributed by atoms with E-state index in [-0.39, 0.29) is 17.8 Å². The van der Waals surface area contributed by atoms with Gasteiger partial charge in [0.1, 0.15) is 24.4 Å². The first-order valence-electron chi connectivity index (χ1n) is 9.09. The van der Waals surface area contributed by atoms with E-state index >= 15 is 0 Å². The van der Waals surface area contributed by atoms with E-state index in [0.717, 1.165) is 24.0 Å². The molecule has 6 atom stereocenters. The van der Waals surface area contributed by atoms with Gasteiger partial charge < -0.3 is 29.9 Å². The zero-order valence-corrected chi connectivity index (χ0v) is 15.2. The third-order valence-corrected chi connectivity index (χ3v) is 5.71. The van der Waals surface area contributed by atoms with Crippen molar-refractivity contribution in [3.05, 3.63) is 23.3 Å². The summed E-state index contributed by atoms with van der Waals surface area (Å²) in [5.41, 5.74) is 1.95. The molecule has 0 aromatic carbocycles. The van der Waals surface area contributed by atoms with Crippen LogP contribution < -0.4 is 0 Å². The molecule has 0 saturated carbocycles.